The highest BCUT2D eigenvalue weighted by Crippen LogP contribution is 2.23. The summed E-state index contributed by atoms with van der Waals surface area (Å²) in [5, 5.41) is 2.74. The first kappa shape index (κ1) is 15.0. The summed E-state index contributed by atoms with van der Waals surface area (Å²) in [7, 11) is 0. The average Bonchev–Trinajstić information content (AvgIpc) is 2.59. The van der Waals surface area contributed by atoms with Gasteiger partial charge in [-0.2, -0.15) is 0 Å². The summed E-state index contributed by atoms with van der Waals surface area (Å²) >= 11 is 0. The van der Waals surface area contributed by atoms with Crippen LogP contribution in [0.2, 0.25) is 0 Å². The van der Waals surface area contributed by atoms with E-state index in [-0.39, 0.29) is 11.7 Å². The molecule has 118 valence electrons. The van der Waals surface area contributed by atoms with Gasteiger partial charge in [-0.3, -0.25) is 4.79 Å². The maximum Gasteiger partial charge on any atom is 0.294 e. The molecule has 0 radical (unpaired) electrons. The van der Waals surface area contributed by atoms with Gasteiger partial charge in [0, 0.05) is 5.69 Å². The summed E-state index contributed by atoms with van der Waals surface area (Å²) in [6.07, 6.45) is 1.33. The number of amides is 1. The number of nitrogens with one attached hydrogen (secondary N) is 1. The second-order valence-corrected chi connectivity index (χ2v) is 5.09. The summed E-state index contributed by atoms with van der Waals surface area (Å²) in [6.45, 7) is 2.86. The zero-order valence-corrected chi connectivity index (χ0v) is 12.7. The molecule has 0 bridgehead atoms. The maximum atomic E-state index is 12.0. The van der Waals surface area contributed by atoms with Crippen LogP contribution in [0.5, 0.6) is 11.5 Å². The first-order valence-corrected chi connectivity index (χ1v) is 7.31. The summed E-state index contributed by atoms with van der Waals surface area (Å²) in [5.41, 5.74) is 1.83. The molecule has 0 saturated heterocycles. The van der Waals surface area contributed by atoms with E-state index < -0.39 is 0 Å². The van der Waals surface area contributed by atoms with E-state index in [2.05, 4.69) is 5.32 Å². The van der Waals surface area contributed by atoms with Crippen molar-refractivity contribution in [1.29, 1.82) is 0 Å². The minimum absolute atomic E-state index is 0.177. The van der Waals surface area contributed by atoms with E-state index in [4.69, 9.17) is 14.2 Å². The largest absolute Gasteiger partial charge is 0.494 e. The van der Waals surface area contributed by atoms with Crippen molar-refractivity contribution in [3.8, 4) is 11.5 Å². The van der Waals surface area contributed by atoms with E-state index >= 15 is 0 Å². The summed E-state index contributed by atoms with van der Waals surface area (Å²) in [6, 6.07) is 14.9. The smallest absolute Gasteiger partial charge is 0.294 e. The Bertz CT molecular complexity index is 705. The van der Waals surface area contributed by atoms with Gasteiger partial charge in [0.25, 0.3) is 5.91 Å². The first-order valence-electron chi connectivity index (χ1n) is 7.31. The van der Waals surface area contributed by atoms with Crippen molar-refractivity contribution in [3.63, 3.8) is 0 Å². The van der Waals surface area contributed by atoms with Gasteiger partial charge in [0.1, 0.15) is 31.0 Å². The minimum Gasteiger partial charge on any atom is -0.494 e. The molecule has 1 heterocycles. The van der Waals surface area contributed by atoms with Gasteiger partial charge in [-0.15, -0.1) is 0 Å². The van der Waals surface area contributed by atoms with E-state index in [1.54, 1.807) is 24.3 Å². The number of benzene rings is 2. The van der Waals surface area contributed by atoms with Gasteiger partial charge < -0.3 is 19.5 Å². The van der Waals surface area contributed by atoms with Crippen LogP contribution in [0.15, 0.2) is 60.6 Å². The van der Waals surface area contributed by atoms with Crippen molar-refractivity contribution in [2.45, 2.75) is 6.92 Å². The van der Waals surface area contributed by atoms with E-state index in [0.717, 1.165) is 5.75 Å². The third-order valence-corrected chi connectivity index (χ3v) is 3.24. The minimum atomic E-state index is -0.336. The third-order valence-electron chi connectivity index (χ3n) is 3.24. The molecule has 2 aromatic rings. The molecule has 1 aliphatic rings. The number of rotatable bonds is 4. The Labute approximate surface area is 134 Å². The van der Waals surface area contributed by atoms with Crippen molar-refractivity contribution >= 4 is 11.6 Å². The fourth-order valence-electron chi connectivity index (χ4n) is 2.03. The predicted molar refractivity (Wildman–Crippen MR) is 86.3 cm³/mol. The molecule has 1 aliphatic heterocycles. The monoisotopic (exact) mass is 311 g/mol. The molecule has 2 aromatic carbocycles. The summed E-state index contributed by atoms with van der Waals surface area (Å²) in [5.74, 6) is 1.31. The Kier molecular flexibility index (Phi) is 4.47. The van der Waals surface area contributed by atoms with Crippen molar-refractivity contribution in [1.82, 2.24) is 0 Å². The van der Waals surface area contributed by atoms with Crippen molar-refractivity contribution in [2.75, 3.05) is 18.5 Å². The van der Waals surface area contributed by atoms with Gasteiger partial charge >= 0.3 is 0 Å². The van der Waals surface area contributed by atoms with E-state index in [1.807, 2.05) is 31.2 Å². The van der Waals surface area contributed by atoms with Crippen molar-refractivity contribution in [2.24, 2.45) is 0 Å². The fourth-order valence-corrected chi connectivity index (χ4v) is 2.03. The quantitative estimate of drug-likeness (QED) is 0.937. The molecule has 0 spiro atoms. The summed E-state index contributed by atoms with van der Waals surface area (Å²) < 4.78 is 16.0. The van der Waals surface area contributed by atoms with Crippen LogP contribution in [-0.2, 0) is 14.3 Å². The lowest BCUT2D eigenvalue weighted by Gasteiger charge is -2.15. The highest BCUT2D eigenvalue weighted by molar-refractivity contribution is 6.02. The van der Waals surface area contributed by atoms with Gasteiger partial charge in [-0.1, -0.05) is 17.7 Å². The topological polar surface area (TPSA) is 56.8 Å². The van der Waals surface area contributed by atoms with Crippen LogP contribution in [0.4, 0.5) is 5.69 Å². The maximum absolute atomic E-state index is 12.0. The zero-order valence-electron chi connectivity index (χ0n) is 12.7. The van der Waals surface area contributed by atoms with Gasteiger partial charge in [-0.05, 0) is 43.3 Å². The molecular weight excluding hydrogens is 294 g/mol. The molecule has 0 aromatic heterocycles. The predicted octanol–water partition coefficient (Wildman–Crippen LogP) is 3.61. The van der Waals surface area contributed by atoms with Crippen molar-refractivity contribution < 1.29 is 19.0 Å². The third kappa shape index (κ3) is 4.03. The summed E-state index contributed by atoms with van der Waals surface area (Å²) in [4.78, 5) is 12.0. The second-order valence-electron chi connectivity index (χ2n) is 5.09. The van der Waals surface area contributed by atoms with E-state index in [9.17, 15) is 4.79 Å². The lowest BCUT2D eigenvalue weighted by Crippen LogP contribution is -2.21. The molecule has 0 saturated carbocycles. The first-order chi connectivity index (χ1) is 11.2. The Balaban J connectivity index is 1.61. The number of aryl methyl sites for hydroxylation is 1. The Morgan fingerprint density at radius 2 is 1.65 bits per heavy atom. The highest BCUT2D eigenvalue weighted by atomic mass is 16.6. The van der Waals surface area contributed by atoms with E-state index in [1.165, 1.54) is 11.8 Å². The molecule has 0 atom stereocenters. The van der Waals surface area contributed by atoms with Crippen LogP contribution in [0.25, 0.3) is 0 Å². The van der Waals surface area contributed by atoms with Crippen LogP contribution in [0, 0.1) is 6.92 Å². The average molecular weight is 311 g/mol. The van der Waals surface area contributed by atoms with Crippen LogP contribution in [-0.4, -0.2) is 19.1 Å². The lowest BCUT2D eigenvalue weighted by molar-refractivity contribution is -0.117. The number of carbonyl (C=O) groups excluding carboxylic acids is 1. The molecule has 0 aliphatic carbocycles. The molecule has 0 fully saturated rings. The molecule has 5 heteroatoms. The molecule has 23 heavy (non-hydrogen) atoms. The molecule has 3 rings (SSSR count). The number of anilines is 1. The number of carbonyl (C=O) groups is 1. The van der Waals surface area contributed by atoms with E-state index in [0.29, 0.717) is 24.7 Å². The molecule has 0 unspecified atom stereocenters. The standard InChI is InChI=1S/C18H17NO4/c1-13-2-6-15(7-3-13)23-16-8-4-14(5-9-16)19-18(20)17-12-21-10-11-22-17/h2-9,12H,10-11H2,1H3,(H,19,20). The van der Waals surface area contributed by atoms with Gasteiger partial charge in [-0.25, -0.2) is 0 Å². The van der Waals surface area contributed by atoms with Gasteiger partial charge in [0.05, 0.1) is 0 Å². The zero-order chi connectivity index (χ0) is 16.1. The second kappa shape index (κ2) is 6.87. The number of hydrogen-bond donors (Lipinski definition) is 1. The SMILES string of the molecule is Cc1ccc(Oc2ccc(NC(=O)C3=COCCO3)cc2)cc1. The highest BCUT2D eigenvalue weighted by Gasteiger charge is 2.15. The fraction of sp³-hybridized carbons (Fsp3) is 0.167. The number of hydrogen-bond acceptors (Lipinski definition) is 4. The van der Waals surface area contributed by atoms with Crippen LogP contribution >= 0.6 is 0 Å². The van der Waals surface area contributed by atoms with Crippen LogP contribution in [0.1, 0.15) is 5.56 Å². The molecule has 1 amide bonds. The molecule has 5 nitrogen and oxygen atoms in total. The number of ether oxygens (including phenoxy) is 3. The van der Waals surface area contributed by atoms with Crippen molar-refractivity contribution in [3.05, 3.63) is 66.1 Å². The normalized spacial score (nSPS) is 13.3. The van der Waals surface area contributed by atoms with Gasteiger partial charge in [0.15, 0.2) is 0 Å². The van der Waals surface area contributed by atoms with Crippen LogP contribution in [0.3, 0.4) is 0 Å². The Hall–Kier alpha value is -2.95. The van der Waals surface area contributed by atoms with Gasteiger partial charge in [0.2, 0.25) is 5.76 Å². The van der Waals surface area contributed by atoms with Crippen LogP contribution < -0.4 is 10.1 Å². The Morgan fingerprint density at radius 1 is 1.00 bits per heavy atom. The molecular formula is C18H17NO4. The molecule has 1 N–H and O–H groups in total. The Morgan fingerprint density at radius 3 is 2.26 bits per heavy atom. The lowest BCUT2D eigenvalue weighted by atomic mass is 10.2.